The normalized spacial score (nSPS) is 19.0. The van der Waals surface area contributed by atoms with E-state index in [0.29, 0.717) is 37.8 Å². The molecule has 3 rings (SSSR count). The third-order valence-corrected chi connectivity index (χ3v) is 4.14. The average Bonchev–Trinajstić information content (AvgIpc) is 3.11. The molecule has 1 aliphatic carbocycles. The zero-order valence-corrected chi connectivity index (χ0v) is 15.1. The maximum absolute atomic E-state index is 12.1. The Bertz CT molecular complexity index is 583. The first-order valence-corrected chi connectivity index (χ1v) is 7.50. The van der Waals surface area contributed by atoms with E-state index in [2.05, 4.69) is 10.5 Å². The van der Waals surface area contributed by atoms with E-state index in [1.54, 1.807) is 13.0 Å². The second kappa shape index (κ2) is 8.15. The smallest absolute Gasteiger partial charge is 0.242 e. The summed E-state index contributed by atoms with van der Waals surface area (Å²) in [4.78, 5) is 27.9. The molecule has 0 aromatic carbocycles. The van der Waals surface area contributed by atoms with Crippen LogP contribution in [0.4, 0.5) is 5.82 Å². The zero-order chi connectivity index (χ0) is 15.7. The summed E-state index contributed by atoms with van der Waals surface area (Å²) in [6.45, 7) is 4.63. The molecule has 2 aliphatic rings. The number of anilines is 1. The lowest BCUT2D eigenvalue weighted by atomic mass is 10.2. The molecule has 1 saturated heterocycles. The molecule has 0 bridgehead atoms. The highest BCUT2D eigenvalue weighted by Crippen LogP contribution is 2.34. The molecule has 1 aliphatic heterocycles. The number of aromatic nitrogens is 1. The van der Waals surface area contributed by atoms with Gasteiger partial charge in [-0.05, 0) is 19.8 Å². The molecule has 1 aromatic heterocycles. The second-order valence-corrected chi connectivity index (χ2v) is 6.10. The molecule has 2 heterocycles. The van der Waals surface area contributed by atoms with E-state index in [1.807, 2.05) is 9.80 Å². The van der Waals surface area contributed by atoms with Gasteiger partial charge in [0.05, 0.1) is 12.1 Å². The standard InChI is InChI=1S/C14H21N5O3.2ClH/c1-10-8-11(17-22-10)16-12(20)9-18-4-6-19(7-5-18)13(21)14(15)2-3-14;;/h8H,2-7,9,15H2,1H3,(H,16,17,20);2*1H. The van der Waals surface area contributed by atoms with Gasteiger partial charge in [0, 0.05) is 32.2 Å². The number of amides is 2. The SMILES string of the molecule is Cc1cc(NC(=O)CN2CCN(C(=O)C3(N)CC3)CC2)no1.Cl.Cl. The summed E-state index contributed by atoms with van der Waals surface area (Å²) in [5.74, 6) is 0.994. The molecular formula is C14H23Cl2N5O3. The Kier molecular flexibility index (Phi) is 7.03. The lowest BCUT2D eigenvalue weighted by Crippen LogP contribution is -2.55. The number of hydrogen-bond acceptors (Lipinski definition) is 6. The molecule has 10 heteroatoms. The molecule has 24 heavy (non-hydrogen) atoms. The summed E-state index contributed by atoms with van der Waals surface area (Å²) < 4.78 is 4.90. The number of carbonyl (C=O) groups is 2. The summed E-state index contributed by atoms with van der Waals surface area (Å²) in [6, 6.07) is 1.67. The van der Waals surface area contributed by atoms with Gasteiger partial charge in [-0.2, -0.15) is 0 Å². The van der Waals surface area contributed by atoms with Crippen molar-refractivity contribution in [3.8, 4) is 0 Å². The number of piperazine rings is 1. The highest BCUT2D eigenvalue weighted by Gasteiger charge is 2.48. The molecular weight excluding hydrogens is 357 g/mol. The van der Waals surface area contributed by atoms with E-state index in [4.69, 9.17) is 10.3 Å². The molecule has 0 spiro atoms. The number of nitrogens with one attached hydrogen (secondary N) is 1. The van der Waals surface area contributed by atoms with Crippen LogP contribution in [0, 0.1) is 6.92 Å². The van der Waals surface area contributed by atoms with Crippen LogP contribution in [-0.4, -0.2) is 65.0 Å². The van der Waals surface area contributed by atoms with Crippen LogP contribution in [0.5, 0.6) is 0 Å². The summed E-state index contributed by atoms with van der Waals surface area (Å²) in [6.07, 6.45) is 1.57. The predicted molar refractivity (Wildman–Crippen MR) is 93.5 cm³/mol. The van der Waals surface area contributed by atoms with Gasteiger partial charge >= 0.3 is 0 Å². The van der Waals surface area contributed by atoms with E-state index in [0.717, 1.165) is 12.8 Å². The van der Waals surface area contributed by atoms with Crippen LogP contribution in [-0.2, 0) is 9.59 Å². The number of nitrogens with two attached hydrogens (primary N) is 1. The molecule has 2 amide bonds. The van der Waals surface area contributed by atoms with Crippen molar-refractivity contribution in [2.45, 2.75) is 25.3 Å². The van der Waals surface area contributed by atoms with Crippen molar-refractivity contribution in [3.05, 3.63) is 11.8 Å². The first-order chi connectivity index (χ1) is 10.5. The molecule has 3 N–H and O–H groups in total. The van der Waals surface area contributed by atoms with Crippen molar-refractivity contribution >= 4 is 42.4 Å². The molecule has 2 fully saturated rings. The lowest BCUT2D eigenvalue weighted by Gasteiger charge is -2.35. The quantitative estimate of drug-likeness (QED) is 0.784. The Labute approximate surface area is 152 Å². The highest BCUT2D eigenvalue weighted by molar-refractivity contribution is 5.91. The predicted octanol–water partition coefficient (Wildman–Crippen LogP) is 0.401. The van der Waals surface area contributed by atoms with Gasteiger partial charge in [0.2, 0.25) is 11.8 Å². The Balaban J connectivity index is 0.00000144. The van der Waals surface area contributed by atoms with Crippen LogP contribution in [0.25, 0.3) is 0 Å². The minimum Gasteiger partial charge on any atom is -0.360 e. The van der Waals surface area contributed by atoms with E-state index >= 15 is 0 Å². The minimum absolute atomic E-state index is 0. The van der Waals surface area contributed by atoms with Crippen LogP contribution in [0.2, 0.25) is 0 Å². The van der Waals surface area contributed by atoms with Gasteiger partial charge in [0.25, 0.3) is 0 Å². The molecule has 1 saturated carbocycles. The second-order valence-electron chi connectivity index (χ2n) is 6.10. The first-order valence-electron chi connectivity index (χ1n) is 7.50. The van der Waals surface area contributed by atoms with Crippen molar-refractivity contribution in [1.29, 1.82) is 0 Å². The number of halogens is 2. The molecule has 0 unspecified atom stereocenters. The van der Waals surface area contributed by atoms with E-state index in [9.17, 15) is 9.59 Å². The van der Waals surface area contributed by atoms with E-state index in [1.165, 1.54) is 0 Å². The van der Waals surface area contributed by atoms with Gasteiger partial charge in [-0.15, -0.1) is 24.8 Å². The minimum atomic E-state index is -0.607. The maximum atomic E-state index is 12.1. The summed E-state index contributed by atoms with van der Waals surface area (Å²) in [5.41, 5.74) is 5.33. The molecule has 1 aromatic rings. The lowest BCUT2D eigenvalue weighted by molar-refractivity contribution is -0.135. The Morgan fingerprint density at radius 2 is 1.92 bits per heavy atom. The summed E-state index contributed by atoms with van der Waals surface area (Å²) in [7, 11) is 0. The van der Waals surface area contributed by atoms with Crippen LogP contribution >= 0.6 is 24.8 Å². The van der Waals surface area contributed by atoms with Gasteiger partial charge in [-0.25, -0.2) is 0 Å². The van der Waals surface area contributed by atoms with Crippen molar-refractivity contribution < 1.29 is 14.1 Å². The van der Waals surface area contributed by atoms with Crippen LogP contribution in [0.3, 0.4) is 0 Å². The third kappa shape index (κ3) is 4.83. The van der Waals surface area contributed by atoms with Gasteiger partial charge in [0.1, 0.15) is 5.76 Å². The summed E-state index contributed by atoms with van der Waals surface area (Å²) >= 11 is 0. The van der Waals surface area contributed by atoms with Crippen LogP contribution in [0.1, 0.15) is 18.6 Å². The Hall–Kier alpha value is -1.35. The zero-order valence-electron chi connectivity index (χ0n) is 13.5. The van der Waals surface area contributed by atoms with Crippen LogP contribution in [0.15, 0.2) is 10.6 Å². The van der Waals surface area contributed by atoms with Crippen molar-refractivity contribution in [2.75, 3.05) is 38.0 Å². The Morgan fingerprint density at radius 3 is 2.42 bits per heavy atom. The highest BCUT2D eigenvalue weighted by atomic mass is 35.5. The monoisotopic (exact) mass is 379 g/mol. The number of rotatable bonds is 4. The average molecular weight is 380 g/mol. The number of hydrogen-bond donors (Lipinski definition) is 2. The van der Waals surface area contributed by atoms with Gasteiger partial charge < -0.3 is 20.5 Å². The van der Waals surface area contributed by atoms with Crippen LogP contribution < -0.4 is 11.1 Å². The number of carbonyl (C=O) groups excluding carboxylic acids is 2. The van der Waals surface area contributed by atoms with Crippen molar-refractivity contribution in [3.63, 3.8) is 0 Å². The number of aryl methyl sites for hydroxylation is 1. The molecule has 8 nitrogen and oxygen atoms in total. The molecule has 0 radical (unpaired) electrons. The van der Waals surface area contributed by atoms with Crippen molar-refractivity contribution in [2.24, 2.45) is 5.73 Å². The molecule has 136 valence electrons. The Morgan fingerprint density at radius 1 is 1.29 bits per heavy atom. The van der Waals surface area contributed by atoms with E-state index in [-0.39, 0.29) is 43.2 Å². The van der Waals surface area contributed by atoms with Gasteiger partial charge in [0.15, 0.2) is 5.82 Å². The summed E-state index contributed by atoms with van der Waals surface area (Å²) in [5, 5.41) is 6.42. The maximum Gasteiger partial charge on any atom is 0.242 e. The van der Waals surface area contributed by atoms with Gasteiger partial charge in [-0.3, -0.25) is 14.5 Å². The fourth-order valence-corrected chi connectivity index (χ4v) is 2.58. The number of nitrogens with zero attached hydrogens (tertiary/aromatic N) is 3. The topological polar surface area (TPSA) is 105 Å². The molecule has 0 atom stereocenters. The largest absolute Gasteiger partial charge is 0.360 e. The fourth-order valence-electron chi connectivity index (χ4n) is 2.58. The van der Waals surface area contributed by atoms with Crippen molar-refractivity contribution in [1.82, 2.24) is 15.0 Å². The fraction of sp³-hybridized carbons (Fsp3) is 0.643. The van der Waals surface area contributed by atoms with Gasteiger partial charge in [-0.1, -0.05) is 5.16 Å². The first kappa shape index (κ1) is 20.7. The van der Waals surface area contributed by atoms with E-state index < -0.39 is 5.54 Å². The third-order valence-electron chi connectivity index (χ3n) is 4.14.